The summed E-state index contributed by atoms with van der Waals surface area (Å²) in [6, 6.07) is 5.80. The number of phosphoric ester groups is 3. The molecule has 11 N–H and O–H groups in total. The first-order valence-electron chi connectivity index (χ1n) is 16.8. The van der Waals surface area contributed by atoms with E-state index in [1.165, 1.54) is 49.9 Å². The second-order valence-electron chi connectivity index (χ2n) is 13.1. The maximum absolute atomic E-state index is 12.7. The van der Waals surface area contributed by atoms with Crippen molar-refractivity contribution in [2.75, 3.05) is 43.5 Å². The smallest absolute Gasteiger partial charge is 0.481 e. The van der Waals surface area contributed by atoms with Crippen molar-refractivity contribution in [3.63, 3.8) is 0 Å². The number of fused-ring (bicyclic) bond motifs is 1. The molecule has 322 valence electrons. The quantitative estimate of drug-likeness (QED) is 0.0352. The number of phenols is 1. The molecule has 25 nitrogen and oxygen atoms in total. The maximum Gasteiger partial charge on any atom is 0.481 e. The molecule has 58 heavy (non-hydrogen) atoms. The molecule has 0 bridgehead atoms. The number of phenolic OH excluding ortho intramolecular Hbond substituents is 1. The highest BCUT2D eigenvalue weighted by molar-refractivity contribution is 8.00. The van der Waals surface area contributed by atoms with Crippen LogP contribution in [0, 0.1) is 5.41 Å². The molecule has 2 aromatic heterocycles. The van der Waals surface area contributed by atoms with Gasteiger partial charge in [0.2, 0.25) is 11.8 Å². The number of ether oxygens (including phenoxy) is 1. The number of aliphatic hydroxyl groups excluding tert-OH is 2. The van der Waals surface area contributed by atoms with E-state index in [9.17, 15) is 63.0 Å². The van der Waals surface area contributed by atoms with Crippen LogP contribution in [0.4, 0.5) is 5.82 Å². The lowest BCUT2D eigenvalue weighted by molar-refractivity contribution is -0.137. The number of benzene rings is 1. The van der Waals surface area contributed by atoms with Crippen LogP contribution in [0.1, 0.15) is 36.9 Å². The van der Waals surface area contributed by atoms with Gasteiger partial charge >= 0.3 is 23.5 Å². The van der Waals surface area contributed by atoms with Crippen molar-refractivity contribution in [1.29, 1.82) is 0 Å². The average Bonchev–Trinajstić information content (AvgIpc) is 3.69. The third kappa shape index (κ3) is 13.6. The number of nitrogens with two attached hydrogens (primary N) is 1. The van der Waals surface area contributed by atoms with Crippen molar-refractivity contribution in [1.82, 2.24) is 30.2 Å². The summed E-state index contributed by atoms with van der Waals surface area (Å²) >= 11 is 1.28. The largest absolute Gasteiger partial charge is 0.508 e. The number of aliphatic hydroxyl groups is 2. The van der Waals surface area contributed by atoms with Crippen LogP contribution in [0.25, 0.3) is 11.2 Å². The SMILES string of the molecule is CC(C)(COP(=O)(O)OP(=O)(O)OCC1OC(n2cnc3c(N)ncnc32)C(O)C1OP(=O)(O)O)C(O)C(=O)NCCC(=O)NCCSCC(=O)c1ccc(O)cc1. The van der Waals surface area contributed by atoms with E-state index >= 15 is 0 Å². The van der Waals surface area contributed by atoms with Crippen LogP contribution >= 0.6 is 35.2 Å². The van der Waals surface area contributed by atoms with Crippen molar-refractivity contribution in [2.24, 2.45) is 5.41 Å². The number of anilines is 1. The molecule has 29 heteroatoms. The molecular formula is C29H42N7O18P3S. The number of nitrogens with one attached hydrogen (secondary N) is 2. The van der Waals surface area contributed by atoms with Gasteiger partial charge in [-0.1, -0.05) is 13.8 Å². The number of nitrogens with zero attached hydrogens (tertiary/aromatic N) is 4. The molecule has 7 unspecified atom stereocenters. The Kier molecular flexibility index (Phi) is 16.1. The summed E-state index contributed by atoms with van der Waals surface area (Å²) in [7, 11) is -16.4. The van der Waals surface area contributed by atoms with Gasteiger partial charge in [-0.05, 0) is 24.3 Å². The van der Waals surface area contributed by atoms with Crippen molar-refractivity contribution in [3.05, 3.63) is 42.5 Å². The molecule has 1 aliphatic rings. The van der Waals surface area contributed by atoms with Crippen LogP contribution in [-0.2, 0) is 45.9 Å². The van der Waals surface area contributed by atoms with E-state index in [0.29, 0.717) is 11.3 Å². The van der Waals surface area contributed by atoms with Gasteiger partial charge < -0.3 is 56.0 Å². The number of hydrogen-bond donors (Lipinski definition) is 10. The zero-order valence-electron chi connectivity index (χ0n) is 30.5. The molecule has 0 radical (unpaired) electrons. The molecule has 4 rings (SSSR count). The number of Topliss-reactive ketones (excluding diaryl/α,β-unsaturated/α-hetero) is 1. The number of phosphoric acid groups is 3. The van der Waals surface area contributed by atoms with Gasteiger partial charge in [0.25, 0.3) is 0 Å². The first-order chi connectivity index (χ1) is 27.0. The van der Waals surface area contributed by atoms with E-state index < -0.39 is 84.6 Å². The van der Waals surface area contributed by atoms with E-state index in [2.05, 4.69) is 34.4 Å². The number of aromatic hydroxyl groups is 1. The fourth-order valence-corrected chi connectivity index (χ4v) is 8.67. The van der Waals surface area contributed by atoms with Gasteiger partial charge in [-0.3, -0.25) is 32.5 Å². The van der Waals surface area contributed by atoms with Crippen LogP contribution in [-0.4, -0.2) is 134 Å². The minimum atomic E-state index is -5.58. The number of thioether (sulfide) groups is 1. The summed E-state index contributed by atoms with van der Waals surface area (Å²) in [6.07, 6.45) is -6.97. The van der Waals surface area contributed by atoms with Crippen LogP contribution in [0.15, 0.2) is 36.9 Å². The Balaban J connectivity index is 1.21. The summed E-state index contributed by atoms with van der Waals surface area (Å²) in [4.78, 5) is 87.8. The van der Waals surface area contributed by atoms with Crippen molar-refractivity contribution >= 4 is 69.8 Å². The zero-order chi connectivity index (χ0) is 43.1. The Morgan fingerprint density at radius 2 is 1.69 bits per heavy atom. The minimum Gasteiger partial charge on any atom is -0.508 e. The normalized spacial score (nSPS) is 21.2. The van der Waals surface area contributed by atoms with Crippen molar-refractivity contribution < 1.29 is 85.6 Å². The predicted molar refractivity (Wildman–Crippen MR) is 199 cm³/mol. The lowest BCUT2D eigenvalue weighted by atomic mass is 9.87. The molecule has 1 aliphatic heterocycles. The van der Waals surface area contributed by atoms with Gasteiger partial charge in [0.05, 0.1) is 25.3 Å². The Labute approximate surface area is 333 Å². The maximum atomic E-state index is 12.7. The first kappa shape index (κ1) is 47.3. The predicted octanol–water partition coefficient (Wildman–Crippen LogP) is -0.273. The first-order valence-corrected chi connectivity index (χ1v) is 22.4. The Morgan fingerprint density at radius 1 is 1.02 bits per heavy atom. The Bertz CT molecular complexity index is 2070. The zero-order valence-corrected chi connectivity index (χ0v) is 34.0. The summed E-state index contributed by atoms with van der Waals surface area (Å²) in [5.41, 5.74) is 4.68. The fourth-order valence-electron chi connectivity index (χ4n) is 5.10. The average molecular weight is 902 g/mol. The molecular weight excluding hydrogens is 859 g/mol. The standard InChI is InChI=1S/C29H42N7O18P3S/c1-29(2,24(41)27(42)32-8-7-20(39)31-9-10-58-12-18(38)16-3-5-17(37)6-4-16)13-51-57(48,49)54-56(46,47)50-11-19-23(53-55(43,44)45)22(40)28(52-19)36-15-35-21-25(30)33-14-34-26(21)36/h3-6,14-15,19,22-24,28,37,40-41H,7-13H2,1-2H3,(H,31,39)(H,32,42)(H,46,47)(H,48,49)(H2,30,33,34)(H2,43,44,45). The molecule has 2 amide bonds. The number of nitrogen functional groups attached to an aromatic ring is 1. The molecule has 1 saturated heterocycles. The van der Waals surface area contributed by atoms with Gasteiger partial charge in [0.1, 0.15) is 42.0 Å². The van der Waals surface area contributed by atoms with Crippen LogP contribution in [0.5, 0.6) is 5.75 Å². The summed E-state index contributed by atoms with van der Waals surface area (Å²) in [6.45, 7) is 0.471. The molecule has 1 fully saturated rings. The highest BCUT2D eigenvalue weighted by atomic mass is 32.2. The fraction of sp³-hybridized carbons (Fsp3) is 0.517. The molecule has 0 saturated carbocycles. The van der Waals surface area contributed by atoms with E-state index in [4.69, 9.17) is 19.5 Å². The number of ketones is 1. The van der Waals surface area contributed by atoms with Gasteiger partial charge in [-0.15, -0.1) is 0 Å². The third-order valence-electron chi connectivity index (χ3n) is 8.07. The van der Waals surface area contributed by atoms with E-state index in [-0.39, 0.29) is 53.8 Å². The highest BCUT2D eigenvalue weighted by Crippen LogP contribution is 2.61. The summed E-state index contributed by atoms with van der Waals surface area (Å²) in [5, 5.41) is 35.7. The van der Waals surface area contributed by atoms with Crippen LogP contribution in [0.3, 0.4) is 0 Å². The second-order valence-corrected chi connectivity index (χ2v) is 18.4. The second kappa shape index (κ2) is 19.8. The highest BCUT2D eigenvalue weighted by Gasteiger charge is 2.50. The topological polar surface area (TPSA) is 384 Å². The number of rotatable bonds is 22. The van der Waals surface area contributed by atoms with E-state index in [1.807, 2.05) is 0 Å². The van der Waals surface area contributed by atoms with Crippen molar-refractivity contribution in [2.45, 2.75) is 50.9 Å². The number of imidazole rings is 1. The van der Waals surface area contributed by atoms with Crippen LogP contribution < -0.4 is 16.4 Å². The van der Waals surface area contributed by atoms with Gasteiger partial charge in [0, 0.05) is 36.2 Å². The molecule has 3 heterocycles. The molecule has 7 atom stereocenters. The number of carbonyl (C=O) groups excluding carboxylic acids is 3. The number of hydrogen-bond acceptors (Lipinski definition) is 19. The van der Waals surface area contributed by atoms with Crippen LogP contribution in [0.2, 0.25) is 0 Å². The van der Waals surface area contributed by atoms with E-state index in [0.717, 1.165) is 17.2 Å². The lowest BCUT2D eigenvalue weighted by Gasteiger charge is -2.30. The Morgan fingerprint density at radius 3 is 2.36 bits per heavy atom. The Hall–Kier alpha value is -3.42. The number of carbonyl (C=O) groups is 3. The summed E-state index contributed by atoms with van der Waals surface area (Å²) in [5.74, 6) is -1.02. The minimum absolute atomic E-state index is 0.0259. The summed E-state index contributed by atoms with van der Waals surface area (Å²) < 4.78 is 62.1. The number of aromatic nitrogens is 4. The van der Waals surface area contributed by atoms with Gasteiger partial charge in [-0.25, -0.2) is 28.6 Å². The van der Waals surface area contributed by atoms with Gasteiger partial charge in [0.15, 0.2) is 23.5 Å². The monoisotopic (exact) mass is 901 g/mol. The van der Waals surface area contributed by atoms with Crippen molar-refractivity contribution in [3.8, 4) is 5.75 Å². The van der Waals surface area contributed by atoms with Gasteiger partial charge in [-0.2, -0.15) is 16.1 Å². The molecule has 3 aromatic rings. The number of amides is 2. The van der Waals surface area contributed by atoms with E-state index in [1.54, 1.807) is 0 Å². The molecule has 1 aromatic carbocycles. The lowest BCUT2D eigenvalue weighted by Crippen LogP contribution is -2.46. The molecule has 0 spiro atoms. The molecule has 0 aliphatic carbocycles. The third-order valence-corrected chi connectivity index (χ3v) is 12.1.